The first-order valence-corrected chi connectivity index (χ1v) is 11.2. The molecular formula is C30H25N3O2. The molecule has 4 rings (SSSR count). The van der Waals surface area contributed by atoms with Gasteiger partial charge in [0.2, 0.25) is 0 Å². The van der Waals surface area contributed by atoms with E-state index < -0.39 is 0 Å². The minimum Gasteiger partial charge on any atom is -0.322 e. The van der Waals surface area contributed by atoms with E-state index in [0.717, 1.165) is 22.4 Å². The zero-order valence-electron chi connectivity index (χ0n) is 19.4. The summed E-state index contributed by atoms with van der Waals surface area (Å²) in [5.41, 5.74) is 5.98. The van der Waals surface area contributed by atoms with Crippen LogP contribution < -0.4 is 10.6 Å². The van der Waals surface area contributed by atoms with Gasteiger partial charge in [-0.15, -0.1) is 0 Å². The number of allylic oxidation sites excluding steroid dienone is 1. The summed E-state index contributed by atoms with van der Waals surface area (Å²) in [6, 6.07) is 25.7. The number of anilines is 2. The van der Waals surface area contributed by atoms with Gasteiger partial charge in [0.05, 0.1) is 11.3 Å². The number of pyridine rings is 1. The monoisotopic (exact) mass is 459 g/mol. The van der Waals surface area contributed by atoms with Gasteiger partial charge >= 0.3 is 0 Å². The molecule has 3 aromatic carbocycles. The summed E-state index contributed by atoms with van der Waals surface area (Å²) in [7, 11) is 0. The maximum Gasteiger partial charge on any atom is 0.257 e. The van der Waals surface area contributed by atoms with Crippen molar-refractivity contribution in [3.05, 3.63) is 126 Å². The molecule has 0 bridgehead atoms. The second-order valence-corrected chi connectivity index (χ2v) is 7.83. The van der Waals surface area contributed by atoms with E-state index in [2.05, 4.69) is 22.2 Å². The number of rotatable bonds is 7. The molecular weight excluding hydrogens is 434 g/mol. The highest BCUT2D eigenvalue weighted by Gasteiger charge is 2.10. The van der Waals surface area contributed by atoms with Crippen LogP contribution in [0.4, 0.5) is 11.4 Å². The summed E-state index contributed by atoms with van der Waals surface area (Å²) in [6.07, 6.45) is 7.25. The van der Waals surface area contributed by atoms with Crippen LogP contribution in [-0.2, 0) is 0 Å². The molecule has 35 heavy (non-hydrogen) atoms. The smallest absolute Gasteiger partial charge is 0.257 e. The van der Waals surface area contributed by atoms with Gasteiger partial charge in [0.25, 0.3) is 11.8 Å². The number of amides is 2. The zero-order valence-corrected chi connectivity index (χ0v) is 19.4. The molecule has 5 nitrogen and oxygen atoms in total. The van der Waals surface area contributed by atoms with Crippen LogP contribution in [0.15, 0.2) is 104 Å². The second kappa shape index (κ2) is 10.9. The van der Waals surface area contributed by atoms with Gasteiger partial charge in [-0.2, -0.15) is 0 Å². The Bertz CT molecular complexity index is 1370. The van der Waals surface area contributed by atoms with Crippen LogP contribution in [0.25, 0.3) is 23.4 Å². The predicted molar refractivity (Wildman–Crippen MR) is 143 cm³/mol. The molecule has 0 aliphatic heterocycles. The van der Waals surface area contributed by atoms with E-state index in [9.17, 15) is 9.59 Å². The van der Waals surface area contributed by atoms with Crippen LogP contribution in [0.2, 0.25) is 0 Å². The molecule has 0 aliphatic rings. The number of carbonyl (C=O) groups is 2. The number of hydrogen-bond acceptors (Lipinski definition) is 3. The third kappa shape index (κ3) is 5.78. The van der Waals surface area contributed by atoms with Crippen molar-refractivity contribution in [3.8, 4) is 11.3 Å². The first-order chi connectivity index (χ1) is 17.1. The van der Waals surface area contributed by atoms with E-state index >= 15 is 0 Å². The van der Waals surface area contributed by atoms with Crippen LogP contribution in [0.3, 0.4) is 0 Å². The van der Waals surface area contributed by atoms with Gasteiger partial charge in [-0.3, -0.25) is 14.6 Å². The minimum absolute atomic E-state index is 0.179. The largest absolute Gasteiger partial charge is 0.322 e. The lowest BCUT2D eigenvalue weighted by molar-refractivity contribution is 0.101. The van der Waals surface area contributed by atoms with Gasteiger partial charge < -0.3 is 10.6 Å². The molecule has 0 spiro atoms. The molecule has 172 valence electrons. The van der Waals surface area contributed by atoms with Crippen LogP contribution >= 0.6 is 0 Å². The molecule has 2 N–H and O–H groups in total. The maximum atomic E-state index is 12.7. The van der Waals surface area contributed by atoms with E-state index in [0.29, 0.717) is 22.5 Å². The van der Waals surface area contributed by atoms with Crippen molar-refractivity contribution in [2.24, 2.45) is 0 Å². The molecule has 5 heteroatoms. The highest BCUT2D eigenvalue weighted by Crippen LogP contribution is 2.21. The average molecular weight is 460 g/mol. The highest BCUT2D eigenvalue weighted by atomic mass is 16.2. The zero-order chi connectivity index (χ0) is 24.6. The van der Waals surface area contributed by atoms with Crippen molar-refractivity contribution in [1.29, 1.82) is 0 Å². The molecule has 1 heterocycles. The topological polar surface area (TPSA) is 71.1 Å². The fourth-order valence-corrected chi connectivity index (χ4v) is 3.58. The Balaban J connectivity index is 1.43. The molecule has 0 saturated heterocycles. The van der Waals surface area contributed by atoms with Gasteiger partial charge in [-0.05, 0) is 66.6 Å². The van der Waals surface area contributed by atoms with Crippen LogP contribution in [-0.4, -0.2) is 16.8 Å². The summed E-state index contributed by atoms with van der Waals surface area (Å²) in [5, 5.41) is 5.78. The summed E-state index contributed by atoms with van der Waals surface area (Å²) in [4.78, 5) is 29.6. The van der Waals surface area contributed by atoms with E-state index in [1.165, 1.54) is 0 Å². The fourth-order valence-electron chi connectivity index (χ4n) is 3.58. The van der Waals surface area contributed by atoms with E-state index in [4.69, 9.17) is 0 Å². The van der Waals surface area contributed by atoms with E-state index in [-0.39, 0.29) is 11.8 Å². The van der Waals surface area contributed by atoms with Crippen LogP contribution in [0, 0.1) is 0 Å². The maximum absolute atomic E-state index is 12.7. The molecule has 2 amide bonds. The van der Waals surface area contributed by atoms with Crippen LogP contribution in [0.5, 0.6) is 0 Å². The van der Waals surface area contributed by atoms with E-state index in [1.807, 2.05) is 79.7 Å². The molecule has 1 aromatic heterocycles. The number of nitrogens with zero attached hydrogens (tertiary/aromatic N) is 1. The number of para-hydroxylation sites is 1. The van der Waals surface area contributed by atoms with Crippen LogP contribution in [0.1, 0.15) is 38.8 Å². The number of benzene rings is 3. The Morgan fingerprint density at radius 3 is 2.11 bits per heavy atom. The molecule has 0 radical (unpaired) electrons. The first-order valence-electron chi connectivity index (χ1n) is 11.2. The van der Waals surface area contributed by atoms with Crippen molar-refractivity contribution >= 4 is 35.3 Å². The standard InChI is InChI=1S/C30H25N3O2/c1-3-8-24-19-27(17-15-21(24)4-2)33-30(35)25-16-18-28(31-20-25)22-11-13-23(14-12-22)29(34)32-26-9-6-5-7-10-26/h3-20H,2H2,1H3,(H,32,34)(H,33,35)/b8-3-. The molecule has 0 aliphatic carbocycles. The van der Waals surface area contributed by atoms with Crippen molar-refractivity contribution in [3.63, 3.8) is 0 Å². The Kier molecular flexibility index (Phi) is 7.28. The van der Waals surface area contributed by atoms with E-state index in [1.54, 1.807) is 36.5 Å². The predicted octanol–water partition coefficient (Wildman–Crippen LogP) is 6.93. The lowest BCUT2D eigenvalue weighted by atomic mass is 10.1. The van der Waals surface area contributed by atoms with Gasteiger partial charge in [-0.1, -0.05) is 61.2 Å². The quantitative estimate of drug-likeness (QED) is 0.315. The van der Waals surface area contributed by atoms with Crippen molar-refractivity contribution in [1.82, 2.24) is 4.98 Å². The third-order valence-electron chi connectivity index (χ3n) is 5.41. The highest BCUT2D eigenvalue weighted by molar-refractivity contribution is 6.05. The first kappa shape index (κ1) is 23.4. The lowest BCUT2D eigenvalue weighted by Crippen LogP contribution is -2.12. The molecule has 0 atom stereocenters. The Morgan fingerprint density at radius 2 is 1.46 bits per heavy atom. The van der Waals surface area contributed by atoms with Gasteiger partial charge in [-0.25, -0.2) is 0 Å². The molecule has 4 aromatic rings. The lowest BCUT2D eigenvalue weighted by Gasteiger charge is -2.09. The number of nitrogens with one attached hydrogen (secondary N) is 2. The van der Waals surface area contributed by atoms with Gasteiger partial charge in [0.15, 0.2) is 0 Å². The van der Waals surface area contributed by atoms with Crippen molar-refractivity contribution in [2.75, 3.05) is 10.6 Å². The fraction of sp³-hybridized carbons (Fsp3) is 0.0333. The Hall–Kier alpha value is -4.77. The Labute approximate surface area is 204 Å². The van der Waals surface area contributed by atoms with Gasteiger partial charge in [0.1, 0.15) is 0 Å². The minimum atomic E-state index is -0.241. The summed E-state index contributed by atoms with van der Waals surface area (Å²) < 4.78 is 0. The SMILES string of the molecule is C=Cc1ccc(NC(=O)c2ccc(-c3ccc(C(=O)Nc4ccccc4)cc3)nc2)cc1/C=C\C. The number of hydrogen-bond donors (Lipinski definition) is 2. The third-order valence-corrected chi connectivity index (χ3v) is 5.41. The van der Waals surface area contributed by atoms with Gasteiger partial charge in [0, 0.05) is 28.7 Å². The molecule has 0 fully saturated rings. The average Bonchev–Trinajstić information content (AvgIpc) is 2.90. The number of carbonyl (C=O) groups excluding carboxylic acids is 2. The summed E-state index contributed by atoms with van der Waals surface area (Å²) in [5.74, 6) is -0.420. The van der Waals surface area contributed by atoms with Crippen molar-refractivity contribution in [2.45, 2.75) is 6.92 Å². The summed E-state index contributed by atoms with van der Waals surface area (Å²) in [6.45, 7) is 5.77. The van der Waals surface area contributed by atoms with Crippen molar-refractivity contribution < 1.29 is 9.59 Å². The molecule has 0 saturated carbocycles. The molecule has 0 unspecified atom stereocenters. The normalized spacial score (nSPS) is 10.7. The second-order valence-electron chi connectivity index (χ2n) is 7.83. The summed E-state index contributed by atoms with van der Waals surface area (Å²) >= 11 is 0. The Morgan fingerprint density at radius 1 is 0.771 bits per heavy atom. The number of aromatic nitrogens is 1.